The van der Waals surface area contributed by atoms with E-state index in [1.54, 1.807) is 32.2 Å². The molecule has 2 aromatic carbocycles. The number of rotatable bonds is 6. The van der Waals surface area contributed by atoms with Gasteiger partial charge in [0.2, 0.25) is 11.8 Å². The molecule has 0 fully saturated rings. The molecular formula is C19H19BrN2O3. The smallest absolute Gasteiger partial charge is 0.246 e. The number of ether oxygens (including phenoxy) is 1. The van der Waals surface area contributed by atoms with Crippen molar-refractivity contribution in [1.82, 2.24) is 5.32 Å². The van der Waals surface area contributed by atoms with Crippen LogP contribution in [0.3, 0.4) is 0 Å². The van der Waals surface area contributed by atoms with Gasteiger partial charge in [-0.15, -0.1) is 0 Å². The summed E-state index contributed by atoms with van der Waals surface area (Å²) in [6.07, 6.45) is 3.07. The lowest BCUT2D eigenvalue weighted by Gasteiger charge is -2.13. The number of anilines is 1. The Hall–Kier alpha value is -2.60. The number of hydrogen-bond acceptors (Lipinski definition) is 3. The van der Waals surface area contributed by atoms with Gasteiger partial charge in [-0.2, -0.15) is 0 Å². The van der Waals surface area contributed by atoms with Gasteiger partial charge in [-0.05, 0) is 48.9 Å². The molecule has 5 nitrogen and oxygen atoms in total. The van der Waals surface area contributed by atoms with Crippen molar-refractivity contribution in [2.24, 2.45) is 0 Å². The Balaban J connectivity index is 1.87. The van der Waals surface area contributed by atoms with Gasteiger partial charge in [-0.3, -0.25) is 9.59 Å². The average Bonchev–Trinajstić information content (AvgIpc) is 2.60. The zero-order chi connectivity index (χ0) is 18.2. The molecule has 0 saturated carbocycles. The molecule has 0 spiro atoms. The highest BCUT2D eigenvalue weighted by atomic mass is 79.9. The van der Waals surface area contributed by atoms with E-state index in [9.17, 15) is 9.59 Å². The van der Waals surface area contributed by atoms with E-state index in [4.69, 9.17) is 4.74 Å². The average molecular weight is 403 g/mol. The van der Waals surface area contributed by atoms with Crippen LogP contribution < -0.4 is 15.4 Å². The van der Waals surface area contributed by atoms with Gasteiger partial charge in [0, 0.05) is 16.2 Å². The first-order valence-electron chi connectivity index (χ1n) is 7.67. The van der Waals surface area contributed by atoms with E-state index in [0.29, 0.717) is 5.69 Å². The van der Waals surface area contributed by atoms with Crippen molar-refractivity contribution in [2.45, 2.75) is 13.0 Å². The molecule has 130 valence electrons. The largest absolute Gasteiger partial charge is 0.497 e. The van der Waals surface area contributed by atoms with Gasteiger partial charge in [0.1, 0.15) is 11.8 Å². The van der Waals surface area contributed by atoms with Crippen LogP contribution in [0, 0.1) is 0 Å². The summed E-state index contributed by atoms with van der Waals surface area (Å²) in [7, 11) is 1.60. The molecule has 1 atom stereocenters. The molecule has 0 aromatic heterocycles. The SMILES string of the molecule is COc1ccc(/C=C/C(=O)NC(C)C(=O)Nc2cccc(Br)c2)cc1. The van der Waals surface area contributed by atoms with Gasteiger partial charge in [0.15, 0.2) is 0 Å². The summed E-state index contributed by atoms with van der Waals surface area (Å²) in [4.78, 5) is 24.1. The molecule has 0 saturated heterocycles. The van der Waals surface area contributed by atoms with Crippen LogP contribution in [0.4, 0.5) is 5.69 Å². The third kappa shape index (κ3) is 6.08. The second kappa shape index (κ2) is 9.03. The Morgan fingerprint density at radius 3 is 2.52 bits per heavy atom. The standard InChI is InChI=1S/C19H19BrN2O3/c1-13(19(24)22-16-5-3-4-15(20)12-16)21-18(23)11-8-14-6-9-17(25-2)10-7-14/h3-13H,1-2H3,(H,21,23)(H,22,24)/b11-8+. The number of benzene rings is 2. The van der Waals surface area contributed by atoms with Crippen LogP contribution in [0.2, 0.25) is 0 Å². The highest BCUT2D eigenvalue weighted by Crippen LogP contribution is 2.16. The normalized spacial score (nSPS) is 11.8. The quantitative estimate of drug-likeness (QED) is 0.725. The minimum Gasteiger partial charge on any atom is -0.497 e. The lowest BCUT2D eigenvalue weighted by Crippen LogP contribution is -2.40. The highest BCUT2D eigenvalue weighted by molar-refractivity contribution is 9.10. The van der Waals surface area contributed by atoms with Gasteiger partial charge in [0.25, 0.3) is 0 Å². The van der Waals surface area contributed by atoms with Crippen molar-refractivity contribution in [3.63, 3.8) is 0 Å². The third-order valence-corrected chi connectivity index (χ3v) is 3.88. The maximum Gasteiger partial charge on any atom is 0.246 e. The number of halogens is 1. The van der Waals surface area contributed by atoms with Crippen molar-refractivity contribution < 1.29 is 14.3 Å². The fraction of sp³-hybridized carbons (Fsp3) is 0.158. The number of nitrogens with one attached hydrogen (secondary N) is 2. The number of carbonyl (C=O) groups excluding carboxylic acids is 2. The van der Waals surface area contributed by atoms with Gasteiger partial charge in [0.05, 0.1) is 7.11 Å². The van der Waals surface area contributed by atoms with Gasteiger partial charge < -0.3 is 15.4 Å². The molecule has 0 radical (unpaired) electrons. The number of hydrogen-bond donors (Lipinski definition) is 2. The Labute approximate surface area is 155 Å². The first-order valence-corrected chi connectivity index (χ1v) is 8.46. The number of amides is 2. The minimum absolute atomic E-state index is 0.288. The van der Waals surface area contributed by atoms with Gasteiger partial charge >= 0.3 is 0 Å². The first kappa shape index (κ1) is 18.7. The van der Waals surface area contributed by atoms with E-state index in [0.717, 1.165) is 15.8 Å². The highest BCUT2D eigenvalue weighted by Gasteiger charge is 2.14. The molecule has 0 heterocycles. The Morgan fingerprint density at radius 1 is 1.16 bits per heavy atom. The molecule has 1 unspecified atom stereocenters. The molecule has 0 bridgehead atoms. The topological polar surface area (TPSA) is 67.4 Å². The summed E-state index contributed by atoms with van der Waals surface area (Å²) in [6, 6.07) is 13.9. The predicted molar refractivity (Wildman–Crippen MR) is 102 cm³/mol. The molecule has 2 rings (SSSR count). The minimum atomic E-state index is -0.660. The molecule has 2 aromatic rings. The van der Waals surface area contributed by atoms with E-state index in [2.05, 4.69) is 26.6 Å². The van der Waals surface area contributed by atoms with Crippen molar-refractivity contribution in [3.8, 4) is 5.75 Å². The van der Waals surface area contributed by atoms with E-state index >= 15 is 0 Å². The second-order valence-electron chi connectivity index (χ2n) is 5.34. The zero-order valence-electron chi connectivity index (χ0n) is 14.0. The van der Waals surface area contributed by atoms with Crippen LogP contribution in [0.25, 0.3) is 6.08 Å². The van der Waals surface area contributed by atoms with Crippen molar-refractivity contribution >= 4 is 39.5 Å². The van der Waals surface area contributed by atoms with E-state index in [1.165, 1.54) is 6.08 Å². The van der Waals surface area contributed by atoms with Crippen LogP contribution in [0.15, 0.2) is 59.1 Å². The van der Waals surface area contributed by atoms with Crippen molar-refractivity contribution in [1.29, 1.82) is 0 Å². The zero-order valence-corrected chi connectivity index (χ0v) is 15.5. The van der Waals surface area contributed by atoms with Crippen LogP contribution in [-0.4, -0.2) is 25.0 Å². The third-order valence-electron chi connectivity index (χ3n) is 3.39. The summed E-state index contributed by atoms with van der Waals surface area (Å²) in [5, 5.41) is 5.39. The van der Waals surface area contributed by atoms with Gasteiger partial charge in [-0.25, -0.2) is 0 Å². The van der Waals surface area contributed by atoms with E-state index < -0.39 is 6.04 Å². The molecule has 0 aliphatic rings. The molecule has 2 amide bonds. The maximum absolute atomic E-state index is 12.1. The van der Waals surface area contributed by atoms with Crippen molar-refractivity contribution in [3.05, 3.63) is 64.6 Å². The number of methoxy groups -OCH3 is 1. The summed E-state index contributed by atoms with van der Waals surface area (Å²) < 4.78 is 5.94. The van der Waals surface area contributed by atoms with E-state index in [1.807, 2.05) is 36.4 Å². The summed E-state index contributed by atoms with van der Waals surface area (Å²) in [5.74, 6) is 0.122. The molecular weight excluding hydrogens is 384 g/mol. The molecule has 6 heteroatoms. The fourth-order valence-corrected chi connectivity index (χ4v) is 2.43. The molecule has 0 aliphatic carbocycles. The Bertz CT molecular complexity index is 772. The molecule has 2 N–H and O–H groups in total. The fourth-order valence-electron chi connectivity index (χ4n) is 2.03. The van der Waals surface area contributed by atoms with Crippen LogP contribution in [-0.2, 0) is 9.59 Å². The second-order valence-corrected chi connectivity index (χ2v) is 6.25. The Kier molecular flexibility index (Phi) is 6.77. The monoisotopic (exact) mass is 402 g/mol. The van der Waals surface area contributed by atoms with Crippen LogP contribution in [0.1, 0.15) is 12.5 Å². The van der Waals surface area contributed by atoms with Crippen molar-refractivity contribution in [2.75, 3.05) is 12.4 Å². The van der Waals surface area contributed by atoms with E-state index in [-0.39, 0.29) is 11.8 Å². The summed E-state index contributed by atoms with van der Waals surface area (Å²) >= 11 is 3.34. The summed E-state index contributed by atoms with van der Waals surface area (Å²) in [5.41, 5.74) is 1.52. The summed E-state index contributed by atoms with van der Waals surface area (Å²) in [6.45, 7) is 1.63. The lowest BCUT2D eigenvalue weighted by molar-refractivity contribution is -0.123. The molecule has 0 aliphatic heterocycles. The van der Waals surface area contributed by atoms with Crippen LogP contribution >= 0.6 is 15.9 Å². The van der Waals surface area contributed by atoms with Gasteiger partial charge in [-0.1, -0.05) is 34.1 Å². The lowest BCUT2D eigenvalue weighted by atomic mass is 10.2. The first-order chi connectivity index (χ1) is 12.0. The number of carbonyl (C=O) groups is 2. The van der Waals surface area contributed by atoms with Crippen LogP contribution in [0.5, 0.6) is 5.75 Å². The maximum atomic E-state index is 12.1. The Morgan fingerprint density at radius 2 is 1.88 bits per heavy atom. The molecule has 25 heavy (non-hydrogen) atoms. The predicted octanol–water partition coefficient (Wildman–Crippen LogP) is 3.61.